The molecule has 0 fully saturated rings. The van der Waals surface area contributed by atoms with E-state index < -0.39 is 0 Å². The van der Waals surface area contributed by atoms with E-state index in [9.17, 15) is 4.79 Å². The molecule has 6 nitrogen and oxygen atoms in total. The maximum absolute atomic E-state index is 12.7. The molecule has 0 aliphatic heterocycles. The van der Waals surface area contributed by atoms with Crippen molar-refractivity contribution in [1.29, 1.82) is 0 Å². The quantitative estimate of drug-likeness (QED) is 0.364. The third-order valence-electron chi connectivity index (χ3n) is 4.90. The van der Waals surface area contributed by atoms with Crippen LogP contribution >= 0.6 is 11.8 Å². The van der Waals surface area contributed by atoms with E-state index in [2.05, 4.69) is 42.0 Å². The number of anilines is 1. The number of ether oxygens (including phenoxy) is 1. The van der Waals surface area contributed by atoms with Crippen molar-refractivity contribution >= 4 is 23.4 Å². The van der Waals surface area contributed by atoms with E-state index in [1.54, 1.807) is 13.2 Å². The number of amides is 1. The molecular formula is C24H28N4O2S. The number of aromatic nitrogens is 3. The maximum Gasteiger partial charge on any atom is 0.234 e. The van der Waals surface area contributed by atoms with Gasteiger partial charge in [-0.05, 0) is 48.2 Å². The van der Waals surface area contributed by atoms with Gasteiger partial charge in [0.15, 0.2) is 11.0 Å². The number of methoxy groups -OCH3 is 1. The zero-order valence-corrected chi connectivity index (χ0v) is 19.2. The standard InChI is InChI=1S/C24H28N4O2S/c1-6-14-28-23(18-10-12-19(30-5)13-11-18)26-27-24(28)31-15-21(29)25-22-17(4)8-7-9-20(22)16(2)3/h6-13,16H,1,14-15H2,2-5H3,(H,25,29). The number of rotatable bonds is 9. The summed E-state index contributed by atoms with van der Waals surface area (Å²) in [6, 6.07) is 13.7. The second-order valence-corrected chi connectivity index (χ2v) is 8.41. The molecule has 1 N–H and O–H groups in total. The summed E-state index contributed by atoms with van der Waals surface area (Å²) in [5.74, 6) is 2.00. The molecule has 0 atom stereocenters. The first-order valence-electron chi connectivity index (χ1n) is 10.1. The van der Waals surface area contributed by atoms with Crippen LogP contribution in [0, 0.1) is 6.92 Å². The van der Waals surface area contributed by atoms with Crippen LogP contribution in [0.3, 0.4) is 0 Å². The van der Waals surface area contributed by atoms with Gasteiger partial charge in [0.05, 0.1) is 12.9 Å². The Hall–Kier alpha value is -3.06. The fourth-order valence-electron chi connectivity index (χ4n) is 3.29. The highest BCUT2D eigenvalue weighted by atomic mass is 32.2. The van der Waals surface area contributed by atoms with E-state index in [1.807, 2.05) is 47.9 Å². The number of benzene rings is 2. The number of allylic oxidation sites excluding steroid dienone is 1. The molecule has 0 aliphatic rings. The van der Waals surface area contributed by atoms with Crippen LogP contribution in [0.5, 0.6) is 5.75 Å². The van der Waals surface area contributed by atoms with Gasteiger partial charge in [-0.15, -0.1) is 16.8 Å². The summed E-state index contributed by atoms with van der Waals surface area (Å²) in [7, 11) is 1.63. The van der Waals surface area contributed by atoms with Gasteiger partial charge in [0.25, 0.3) is 0 Å². The summed E-state index contributed by atoms with van der Waals surface area (Å²) < 4.78 is 7.18. The molecule has 31 heavy (non-hydrogen) atoms. The fraction of sp³-hybridized carbons (Fsp3) is 0.292. The van der Waals surface area contributed by atoms with Gasteiger partial charge in [-0.2, -0.15) is 0 Å². The molecule has 0 unspecified atom stereocenters. The third-order valence-corrected chi connectivity index (χ3v) is 5.87. The van der Waals surface area contributed by atoms with Crippen LogP contribution in [-0.4, -0.2) is 33.5 Å². The molecule has 0 bridgehead atoms. The van der Waals surface area contributed by atoms with Crippen molar-refractivity contribution in [2.45, 2.75) is 38.4 Å². The Bertz CT molecular complexity index is 1060. The summed E-state index contributed by atoms with van der Waals surface area (Å²) in [5.41, 5.74) is 4.01. The Morgan fingerprint density at radius 3 is 2.61 bits per heavy atom. The number of thioether (sulfide) groups is 1. The lowest BCUT2D eigenvalue weighted by Crippen LogP contribution is -2.17. The molecule has 3 rings (SSSR count). The number of carbonyl (C=O) groups is 1. The number of nitrogens with one attached hydrogen (secondary N) is 1. The van der Waals surface area contributed by atoms with Crippen molar-refractivity contribution in [2.24, 2.45) is 0 Å². The maximum atomic E-state index is 12.7. The lowest BCUT2D eigenvalue weighted by atomic mass is 9.98. The van der Waals surface area contributed by atoms with Gasteiger partial charge in [-0.25, -0.2) is 0 Å². The summed E-state index contributed by atoms with van der Waals surface area (Å²) in [6.07, 6.45) is 1.79. The molecule has 0 saturated heterocycles. The van der Waals surface area contributed by atoms with Gasteiger partial charge in [-0.3, -0.25) is 9.36 Å². The van der Waals surface area contributed by atoms with Crippen LogP contribution in [-0.2, 0) is 11.3 Å². The van der Waals surface area contributed by atoms with Crippen molar-refractivity contribution in [3.8, 4) is 17.1 Å². The van der Waals surface area contributed by atoms with Crippen molar-refractivity contribution in [3.05, 3.63) is 66.2 Å². The van der Waals surface area contributed by atoms with E-state index >= 15 is 0 Å². The van der Waals surface area contributed by atoms with Crippen LogP contribution in [0.4, 0.5) is 5.69 Å². The van der Waals surface area contributed by atoms with Crippen LogP contribution in [0.15, 0.2) is 60.3 Å². The van der Waals surface area contributed by atoms with Crippen LogP contribution in [0.2, 0.25) is 0 Å². The van der Waals surface area contributed by atoms with Crippen molar-refractivity contribution in [1.82, 2.24) is 14.8 Å². The number of para-hydroxylation sites is 1. The van der Waals surface area contributed by atoms with Crippen LogP contribution in [0.1, 0.15) is 30.9 Å². The molecule has 3 aromatic rings. The van der Waals surface area contributed by atoms with Gasteiger partial charge in [0.2, 0.25) is 5.91 Å². The number of hydrogen-bond donors (Lipinski definition) is 1. The molecule has 2 aromatic carbocycles. The molecule has 0 spiro atoms. The number of aryl methyl sites for hydroxylation is 1. The molecule has 162 valence electrons. The Morgan fingerprint density at radius 1 is 1.23 bits per heavy atom. The predicted octanol–water partition coefficient (Wildman–Crippen LogP) is 5.30. The Morgan fingerprint density at radius 2 is 1.97 bits per heavy atom. The SMILES string of the molecule is C=CCn1c(SCC(=O)Nc2c(C)cccc2C(C)C)nnc1-c1ccc(OC)cc1. The molecular weight excluding hydrogens is 408 g/mol. The zero-order chi connectivity index (χ0) is 22.4. The van der Waals surface area contributed by atoms with Gasteiger partial charge in [0.1, 0.15) is 5.75 Å². The number of hydrogen-bond acceptors (Lipinski definition) is 5. The molecule has 1 amide bonds. The second-order valence-electron chi connectivity index (χ2n) is 7.46. The third kappa shape index (κ3) is 5.35. The first kappa shape index (κ1) is 22.6. The fourth-order valence-corrected chi connectivity index (χ4v) is 4.04. The summed E-state index contributed by atoms with van der Waals surface area (Å²) >= 11 is 1.36. The van der Waals surface area contributed by atoms with Crippen LogP contribution < -0.4 is 10.1 Å². The highest BCUT2D eigenvalue weighted by Crippen LogP contribution is 2.29. The van der Waals surface area contributed by atoms with E-state index in [1.165, 1.54) is 11.8 Å². The summed E-state index contributed by atoms with van der Waals surface area (Å²) in [6.45, 7) is 10.6. The average Bonchev–Trinajstić information content (AvgIpc) is 3.16. The highest BCUT2D eigenvalue weighted by Gasteiger charge is 2.17. The minimum Gasteiger partial charge on any atom is -0.497 e. The van der Waals surface area contributed by atoms with Gasteiger partial charge >= 0.3 is 0 Å². The topological polar surface area (TPSA) is 69.0 Å². The summed E-state index contributed by atoms with van der Waals surface area (Å²) in [4.78, 5) is 12.7. The van der Waals surface area contributed by atoms with Crippen LogP contribution in [0.25, 0.3) is 11.4 Å². The minimum absolute atomic E-state index is 0.0691. The molecule has 7 heteroatoms. The lowest BCUT2D eigenvalue weighted by molar-refractivity contribution is -0.113. The van der Waals surface area contributed by atoms with E-state index in [4.69, 9.17) is 4.74 Å². The largest absolute Gasteiger partial charge is 0.497 e. The number of nitrogens with zero attached hydrogens (tertiary/aromatic N) is 3. The molecule has 1 aromatic heterocycles. The van der Waals surface area contributed by atoms with E-state index in [0.717, 1.165) is 34.0 Å². The zero-order valence-electron chi connectivity index (χ0n) is 18.4. The molecule has 0 saturated carbocycles. The Kier molecular flexibility index (Phi) is 7.52. The Balaban J connectivity index is 1.75. The van der Waals surface area contributed by atoms with E-state index in [0.29, 0.717) is 17.6 Å². The molecule has 0 aliphatic carbocycles. The Labute approximate surface area is 187 Å². The average molecular weight is 437 g/mol. The normalized spacial score (nSPS) is 10.9. The van der Waals surface area contributed by atoms with Gasteiger partial charge < -0.3 is 10.1 Å². The first-order chi connectivity index (χ1) is 14.9. The van der Waals surface area contributed by atoms with Crippen molar-refractivity contribution in [3.63, 3.8) is 0 Å². The summed E-state index contributed by atoms with van der Waals surface area (Å²) in [5, 5.41) is 12.4. The molecule has 0 radical (unpaired) electrons. The van der Waals surface area contributed by atoms with Crippen molar-refractivity contribution < 1.29 is 9.53 Å². The van der Waals surface area contributed by atoms with Gasteiger partial charge in [-0.1, -0.05) is 49.9 Å². The minimum atomic E-state index is -0.0691. The monoisotopic (exact) mass is 436 g/mol. The first-order valence-corrected chi connectivity index (χ1v) is 11.1. The van der Waals surface area contributed by atoms with Gasteiger partial charge in [0, 0.05) is 17.8 Å². The lowest BCUT2D eigenvalue weighted by Gasteiger charge is -2.16. The predicted molar refractivity (Wildman–Crippen MR) is 127 cm³/mol. The highest BCUT2D eigenvalue weighted by molar-refractivity contribution is 7.99. The molecule has 1 heterocycles. The number of carbonyl (C=O) groups excluding carboxylic acids is 1. The van der Waals surface area contributed by atoms with Crippen molar-refractivity contribution in [2.75, 3.05) is 18.2 Å². The van der Waals surface area contributed by atoms with E-state index in [-0.39, 0.29) is 11.7 Å². The smallest absolute Gasteiger partial charge is 0.234 e. The second kappa shape index (κ2) is 10.3.